The van der Waals surface area contributed by atoms with Crippen LogP contribution in [-0.2, 0) is 25.7 Å². The topological polar surface area (TPSA) is 29.0 Å². The summed E-state index contributed by atoms with van der Waals surface area (Å²) >= 11 is 0. The maximum Gasteiger partial charge on any atom is 0.451 e. The average molecular weight is 293 g/mol. The highest BCUT2D eigenvalue weighted by molar-refractivity contribution is 5.22. The first-order valence-electron chi connectivity index (χ1n) is 6.70. The molecule has 0 atom stereocenters. The van der Waals surface area contributed by atoms with Crippen LogP contribution in [0.25, 0.3) is 0 Å². The summed E-state index contributed by atoms with van der Waals surface area (Å²) in [5.74, 6) is -1.05. The Hall–Kier alpha value is -1.95. The fourth-order valence-electron chi connectivity index (χ4n) is 2.47. The minimum absolute atomic E-state index is 0.426. The molecule has 0 spiro atoms. The highest BCUT2D eigenvalue weighted by atomic mass is 19.4. The zero-order valence-corrected chi connectivity index (χ0v) is 11.3. The molecule has 1 aliphatic rings. The van der Waals surface area contributed by atoms with Crippen molar-refractivity contribution in [1.29, 1.82) is 0 Å². The number of benzene rings is 1. The molecule has 3 rings (SSSR count). The SMILES string of the molecule is FC(F)(F)c1ncc2c(n1)CN(Cc1ccccc1)CC2. The molecule has 1 aromatic heterocycles. The number of hydrogen-bond acceptors (Lipinski definition) is 3. The van der Waals surface area contributed by atoms with E-state index in [-0.39, 0.29) is 0 Å². The molecule has 1 aliphatic heterocycles. The van der Waals surface area contributed by atoms with Crippen LogP contribution in [0.3, 0.4) is 0 Å². The molecular formula is C15H14F3N3. The van der Waals surface area contributed by atoms with Crippen LogP contribution in [0, 0.1) is 0 Å². The lowest BCUT2D eigenvalue weighted by atomic mass is 10.1. The fourth-order valence-corrected chi connectivity index (χ4v) is 2.47. The smallest absolute Gasteiger partial charge is 0.293 e. The second kappa shape index (κ2) is 5.44. The molecule has 0 bridgehead atoms. The molecular weight excluding hydrogens is 279 g/mol. The fraction of sp³-hybridized carbons (Fsp3) is 0.333. The number of hydrogen-bond donors (Lipinski definition) is 0. The lowest BCUT2D eigenvalue weighted by Crippen LogP contribution is -2.31. The van der Waals surface area contributed by atoms with Gasteiger partial charge in [0.2, 0.25) is 5.82 Å². The van der Waals surface area contributed by atoms with E-state index in [0.717, 1.165) is 17.7 Å². The van der Waals surface area contributed by atoms with Gasteiger partial charge < -0.3 is 0 Å². The third kappa shape index (κ3) is 3.21. The number of aromatic nitrogens is 2. The van der Waals surface area contributed by atoms with Gasteiger partial charge in [-0.3, -0.25) is 4.90 Å². The van der Waals surface area contributed by atoms with Crippen molar-refractivity contribution in [2.24, 2.45) is 0 Å². The van der Waals surface area contributed by atoms with Gasteiger partial charge >= 0.3 is 6.18 Å². The summed E-state index contributed by atoms with van der Waals surface area (Å²) in [6.45, 7) is 1.94. The molecule has 0 radical (unpaired) electrons. The maximum absolute atomic E-state index is 12.7. The average Bonchev–Trinajstić information content (AvgIpc) is 2.46. The lowest BCUT2D eigenvalue weighted by Gasteiger charge is -2.28. The molecule has 0 saturated heterocycles. The van der Waals surface area contributed by atoms with Gasteiger partial charge in [-0.1, -0.05) is 30.3 Å². The first-order chi connectivity index (χ1) is 10.0. The van der Waals surface area contributed by atoms with Crippen LogP contribution < -0.4 is 0 Å². The molecule has 0 saturated carbocycles. The van der Waals surface area contributed by atoms with E-state index in [4.69, 9.17) is 0 Å². The van der Waals surface area contributed by atoms with Crippen molar-refractivity contribution in [2.75, 3.05) is 6.54 Å². The molecule has 2 aromatic rings. The molecule has 6 heteroatoms. The number of nitrogens with zero attached hydrogens (tertiary/aromatic N) is 3. The Balaban J connectivity index is 1.78. The monoisotopic (exact) mass is 293 g/mol. The van der Waals surface area contributed by atoms with E-state index in [1.54, 1.807) is 0 Å². The van der Waals surface area contributed by atoms with Crippen LogP contribution in [0.2, 0.25) is 0 Å². The van der Waals surface area contributed by atoms with Gasteiger partial charge in [-0.2, -0.15) is 13.2 Å². The van der Waals surface area contributed by atoms with Crippen molar-refractivity contribution in [3.05, 3.63) is 59.2 Å². The van der Waals surface area contributed by atoms with Crippen molar-refractivity contribution in [3.8, 4) is 0 Å². The lowest BCUT2D eigenvalue weighted by molar-refractivity contribution is -0.145. The van der Waals surface area contributed by atoms with Crippen molar-refractivity contribution in [2.45, 2.75) is 25.7 Å². The molecule has 3 nitrogen and oxygen atoms in total. The summed E-state index contributed by atoms with van der Waals surface area (Å²) in [6.07, 6.45) is -2.50. The van der Waals surface area contributed by atoms with Gasteiger partial charge in [0, 0.05) is 25.8 Å². The van der Waals surface area contributed by atoms with Crippen LogP contribution in [0.5, 0.6) is 0 Å². The summed E-state index contributed by atoms with van der Waals surface area (Å²) in [5, 5.41) is 0. The summed E-state index contributed by atoms with van der Waals surface area (Å²) in [7, 11) is 0. The van der Waals surface area contributed by atoms with Crippen LogP contribution in [0.15, 0.2) is 36.5 Å². The summed E-state index contributed by atoms with van der Waals surface area (Å²) < 4.78 is 38.0. The third-order valence-electron chi connectivity index (χ3n) is 3.53. The van der Waals surface area contributed by atoms with Gasteiger partial charge in [0.25, 0.3) is 0 Å². The summed E-state index contributed by atoms with van der Waals surface area (Å²) in [6, 6.07) is 9.87. The number of halogens is 3. The largest absolute Gasteiger partial charge is 0.451 e. The quantitative estimate of drug-likeness (QED) is 0.852. The Kier molecular flexibility index (Phi) is 3.63. The van der Waals surface area contributed by atoms with E-state index in [1.807, 2.05) is 30.3 Å². The van der Waals surface area contributed by atoms with Crippen molar-refractivity contribution in [1.82, 2.24) is 14.9 Å². The van der Waals surface area contributed by atoms with Gasteiger partial charge in [0.05, 0.1) is 5.69 Å². The van der Waals surface area contributed by atoms with Gasteiger partial charge in [-0.25, -0.2) is 9.97 Å². The van der Waals surface area contributed by atoms with Gasteiger partial charge in [0.1, 0.15) is 0 Å². The zero-order chi connectivity index (χ0) is 14.9. The minimum Gasteiger partial charge on any atom is -0.293 e. The van der Waals surface area contributed by atoms with Crippen molar-refractivity contribution in [3.63, 3.8) is 0 Å². The van der Waals surface area contributed by atoms with Crippen LogP contribution in [0.4, 0.5) is 13.2 Å². The zero-order valence-electron chi connectivity index (χ0n) is 11.3. The van der Waals surface area contributed by atoms with E-state index < -0.39 is 12.0 Å². The molecule has 0 N–H and O–H groups in total. The predicted octanol–water partition coefficient (Wildman–Crippen LogP) is 3.05. The normalized spacial score (nSPS) is 15.8. The summed E-state index contributed by atoms with van der Waals surface area (Å²) in [4.78, 5) is 9.22. The molecule has 0 aliphatic carbocycles. The highest BCUT2D eigenvalue weighted by Gasteiger charge is 2.35. The Bertz CT molecular complexity index is 626. The van der Waals surface area contributed by atoms with E-state index in [0.29, 0.717) is 25.2 Å². The Morgan fingerprint density at radius 2 is 1.90 bits per heavy atom. The molecule has 21 heavy (non-hydrogen) atoms. The second-order valence-corrected chi connectivity index (χ2v) is 5.11. The molecule has 0 unspecified atom stereocenters. The van der Waals surface area contributed by atoms with Crippen LogP contribution in [-0.4, -0.2) is 21.4 Å². The van der Waals surface area contributed by atoms with Gasteiger partial charge in [0.15, 0.2) is 0 Å². The summed E-state index contributed by atoms with van der Waals surface area (Å²) in [5.41, 5.74) is 2.44. The minimum atomic E-state index is -4.49. The maximum atomic E-state index is 12.7. The molecule has 1 aromatic carbocycles. The van der Waals surface area contributed by atoms with E-state index in [1.165, 1.54) is 6.20 Å². The Morgan fingerprint density at radius 1 is 1.14 bits per heavy atom. The van der Waals surface area contributed by atoms with Gasteiger partial charge in [-0.15, -0.1) is 0 Å². The van der Waals surface area contributed by atoms with Crippen LogP contribution in [0.1, 0.15) is 22.6 Å². The highest BCUT2D eigenvalue weighted by Crippen LogP contribution is 2.28. The van der Waals surface area contributed by atoms with Gasteiger partial charge in [-0.05, 0) is 17.5 Å². The van der Waals surface area contributed by atoms with E-state index in [2.05, 4.69) is 14.9 Å². The van der Waals surface area contributed by atoms with E-state index in [9.17, 15) is 13.2 Å². The third-order valence-corrected chi connectivity index (χ3v) is 3.53. The number of fused-ring (bicyclic) bond motifs is 1. The Labute approximate surface area is 120 Å². The molecule has 110 valence electrons. The van der Waals surface area contributed by atoms with Crippen molar-refractivity contribution < 1.29 is 13.2 Å². The first-order valence-corrected chi connectivity index (χ1v) is 6.70. The van der Waals surface area contributed by atoms with E-state index >= 15 is 0 Å². The Morgan fingerprint density at radius 3 is 2.62 bits per heavy atom. The van der Waals surface area contributed by atoms with Crippen LogP contribution >= 0.6 is 0 Å². The standard InChI is InChI=1S/C15H14F3N3/c16-15(17,18)14-19-8-12-6-7-21(10-13(12)20-14)9-11-4-2-1-3-5-11/h1-5,8H,6-7,9-10H2. The first kappa shape index (κ1) is 14.0. The molecule has 2 heterocycles. The molecule has 0 fully saturated rings. The number of alkyl halides is 3. The number of rotatable bonds is 2. The second-order valence-electron chi connectivity index (χ2n) is 5.11. The predicted molar refractivity (Wildman–Crippen MR) is 71.3 cm³/mol. The van der Waals surface area contributed by atoms with Crippen molar-refractivity contribution >= 4 is 0 Å². The molecule has 0 amide bonds.